The van der Waals surface area contributed by atoms with Crippen molar-refractivity contribution in [3.63, 3.8) is 0 Å². The van der Waals surface area contributed by atoms with E-state index in [1.54, 1.807) is 36.2 Å². The quantitative estimate of drug-likeness (QED) is 0.727. The summed E-state index contributed by atoms with van der Waals surface area (Å²) in [5.41, 5.74) is 0.776. The van der Waals surface area contributed by atoms with E-state index in [9.17, 15) is 19.5 Å². The number of carbonyl (C=O) groups is 3. The molecular weight excluding hydrogens is 336 g/mol. The van der Waals surface area contributed by atoms with Crippen LogP contribution >= 0.6 is 0 Å². The summed E-state index contributed by atoms with van der Waals surface area (Å²) in [6.07, 6.45) is -1.05. The largest absolute Gasteiger partial charge is 0.478 e. The zero-order valence-corrected chi connectivity index (χ0v) is 15.8. The molecule has 144 valence electrons. The molecule has 0 fully saturated rings. The average Bonchev–Trinajstić information content (AvgIpc) is 2.60. The van der Waals surface area contributed by atoms with Crippen LogP contribution in [0.4, 0.5) is 4.79 Å². The Hall–Kier alpha value is -2.57. The van der Waals surface area contributed by atoms with Crippen molar-refractivity contribution in [3.8, 4) is 0 Å². The Balaban J connectivity index is 2.48. The van der Waals surface area contributed by atoms with Gasteiger partial charge in [-0.15, -0.1) is 0 Å². The first-order valence-corrected chi connectivity index (χ1v) is 8.66. The molecule has 0 saturated carbocycles. The van der Waals surface area contributed by atoms with Gasteiger partial charge in [0.15, 0.2) is 0 Å². The fourth-order valence-electron chi connectivity index (χ4n) is 2.24. The van der Waals surface area contributed by atoms with Crippen LogP contribution in [0.1, 0.15) is 32.3 Å². The maximum atomic E-state index is 12.1. The van der Waals surface area contributed by atoms with Crippen molar-refractivity contribution in [2.45, 2.75) is 45.3 Å². The number of rotatable bonds is 9. The molecule has 0 aliphatic carbocycles. The number of carboxylic acids is 1. The van der Waals surface area contributed by atoms with Crippen LogP contribution in [0.5, 0.6) is 0 Å². The third-order valence-corrected chi connectivity index (χ3v) is 4.15. The summed E-state index contributed by atoms with van der Waals surface area (Å²) >= 11 is 0. The number of carbonyl (C=O) groups excluding carboxylic acids is 2. The zero-order valence-electron chi connectivity index (χ0n) is 15.8. The molecule has 1 atom stereocenters. The molecule has 0 aliphatic rings. The van der Waals surface area contributed by atoms with Gasteiger partial charge in [0.25, 0.3) is 0 Å². The summed E-state index contributed by atoms with van der Waals surface area (Å²) in [4.78, 5) is 38.3. The van der Waals surface area contributed by atoms with Crippen LogP contribution in [0.3, 0.4) is 0 Å². The average molecular weight is 364 g/mol. The van der Waals surface area contributed by atoms with Gasteiger partial charge < -0.3 is 19.6 Å². The van der Waals surface area contributed by atoms with Gasteiger partial charge in [0.2, 0.25) is 12.0 Å². The van der Waals surface area contributed by atoms with E-state index in [1.165, 1.54) is 11.9 Å². The molecule has 0 bridgehead atoms. The van der Waals surface area contributed by atoms with Crippen LogP contribution < -0.4 is 0 Å². The van der Waals surface area contributed by atoms with E-state index < -0.39 is 18.2 Å². The number of amides is 2. The van der Waals surface area contributed by atoms with Crippen molar-refractivity contribution >= 4 is 18.0 Å². The highest BCUT2D eigenvalue weighted by Gasteiger charge is 2.24. The van der Waals surface area contributed by atoms with E-state index in [4.69, 9.17) is 4.74 Å². The van der Waals surface area contributed by atoms with Gasteiger partial charge in [0.05, 0.1) is 0 Å². The van der Waals surface area contributed by atoms with Crippen LogP contribution in [0.15, 0.2) is 30.3 Å². The summed E-state index contributed by atoms with van der Waals surface area (Å²) < 4.78 is 5.11. The first kappa shape index (κ1) is 21.5. The van der Waals surface area contributed by atoms with Crippen molar-refractivity contribution in [3.05, 3.63) is 35.9 Å². The van der Waals surface area contributed by atoms with Crippen LogP contribution in [-0.2, 0) is 20.7 Å². The van der Waals surface area contributed by atoms with Crippen molar-refractivity contribution in [1.82, 2.24) is 9.80 Å². The molecule has 0 heterocycles. The lowest BCUT2D eigenvalue weighted by molar-refractivity contribution is -0.147. The lowest BCUT2D eigenvalue weighted by atomic mass is 10.1. The van der Waals surface area contributed by atoms with Gasteiger partial charge in [-0.2, -0.15) is 0 Å². The van der Waals surface area contributed by atoms with Gasteiger partial charge in [-0.3, -0.25) is 4.79 Å². The maximum absolute atomic E-state index is 12.1. The van der Waals surface area contributed by atoms with Gasteiger partial charge in [0.1, 0.15) is 0 Å². The Morgan fingerprint density at radius 3 is 2.27 bits per heavy atom. The summed E-state index contributed by atoms with van der Waals surface area (Å²) in [5.74, 6) is -1.18. The van der Waals surface area contributed by atoms with Crippen LogP contribution in [0, 0.1) is 0 Å². The third kappa shape index (κ3) is 7.13. The van der Waals surface area contributed by atoms with Gasteiger partial charge in [0, 0.05) is 39.5 Å². The molecule has 0 spiro atoms. The summed E-state index contributed by atoms with van der Waals surface area (Å²) in [6.45, 7) is 4.18. The predicted molar refractivity (Wildman–Crippen MR) is 97.8 cm³/mol. The first-order valence-electron chi connectivity index (χ1n) is 8.66. The van der Waals surface area contributed by atoms with Gasteiger partial charge in [-0.1, -0.05) is 30.3 Å². The van der Waals surface area contributed by atoms with Gasteiger partial charge in [-0.25, -0.2) is 9.59 Å². The molecule has 0 saturated heterocycles. The summed E-state index contributed by atoms with van der Waals surface area (Å²) in [6, 6.07) is 9.12. The predicted octanol–water partition coefficient (Wildman–Crippen LogP) is 2.40. The second kappa shape index (κ2) is 10.4. The molecule has 0 aromatic heterocycles. The van der Waals surface area contributed by atoms with Crippen molar-refractivity contribution in [2.75, 3.05) is 20.6 Å². The summed E-state index contributed by atoms with van der Waals surface area (Å²) in [5, 5.41) is 9.28. The Labute approximate surface area is 154 Å². The molecule has 1 N–H and O–H groups in total. The normalized spacial score (nSPS) is 11.7. The molecule has 1 unspecified atom stereocenters. The van der Waals surface area contributed by atoms with Crippen LogP contribution in [-0.4, -0.2) is 65.7 Å². The van der Waals surface area contributed by atoms with E-state index in [2.05, 4.69) is 0 Å². The Morgan fingerprint density at radius 1 is 1.12 bits per heavy atom. The molecular formula is C19H28N2O5. The number of ether oxygens (including phenoxy) is 1. The van der Waals surface area contributed by atoms with Gasteiger partial charge in [-0.05, 0) is 25.8 Å². The minimum atomic E-state index is -1.25. The zero-order chi connectivity index (χ0) is 19.7. The van der Waals surface area contributed by atoms with Crippen LogP contribution in [0.25, 0.3) is 0 Å². The molecule has 26 heavy (non-hydrogen) atoms. The van der Waals surface area contributed by atoms with E-state index >= 15 is 0 Å². The highest BCUT2D eigenvalue weighted by atomic mass is 16.6. The number of hydrogen-bond donors (Lipinski definition) is 1. The Morgan fingerprint density at radius 2 is 1.73 bits per heavy atom. The second-order valence-electron chi connectivity index (χ2n) is 6.52. The smallest absolute Gasteiger partial charge is 0.410 e. The highest BCUT2D eigenvalue weighted by molar-refractivity contribution is 5.78. The topological polar surface area (TPSA) is 87.2 Å². The molecule has 2 amide bonds. The van der Waals surface area contributed by atoms with E-state index in [1.807, 2.05) is 19.9 Å². The minimum Gasteiger partial charge on any atom is -0.478 e. The van der Waals surface area contributed by atoms with Crippen molar-refractivity contribution in [1.29, 1.82) is 0 Å². The molecule has 1 rings (SSSR count). The fourth-order valence-corrected chi connectivity index (χ4v) is 2.24. The number of carboxylic acid groups (broad SMARTS) is 1. The van der Waals surface area contributed by atoms with E-state index in [0.29, 0.717) is 19.4 Å². The Bertz CT molecular complexity index is 603. The SMILES string of the molecule is CC(C)N(C)C(=O)CCCN(C)C(=O)OC(Cc1ccccc1)C(=O)O. The number of hydrogen-bond acceptors (Lipinski definition) is 4. The Kier molecular flexibility index (Phi) is 8.61. The number of nitrogens with zero attached hydrogens (tertiary/aromatic N) is 2. The molecule has 7 heteroatoms. The summed E-state index contributed by atoms with van der Waals surface area (Å²) in [7, 11) is 3.27. The molecule has 0 aliphatic heterocycles. The standard InChI is InChI=1S/C19H28N2O5/c1-14(2)21(4)17(22)11-8-12-20(3)19(25)26-16(18(23)24)13-15-9-6-5-7-10-15/h5-7,9-10,14,16H,8,11-13H2,1-4H3,(H,23,24). The van der Waals surface area contributed by atoms with E-state index in [0.717, 1.165) is 5.56 Å². The molecule has 7 nitrogen and oxygen atoms in total. The molecule has 1 aromatic carbocycles. The lowest BCUT2D eigenvalue weighted by Gasteiger charge is -2.23. The minimum absolute atomic E-state index is 0.00857. The van der Waals surface area contributed by atoms with Crippen molar-refractivity contribution in [2.24, 2.45) is 0 Å². The van der Waals surface area contributed by atoms with Crippen LogP contribution in [0.2, 0.25) is 0 Å². The second-order valence-corrected chi connectivity index (χ2v) is 6.52. The fraction of sp³-hybridized carbons (Fsp3) is 0.526. The van der Waals surface area contributed by atoms with E-state index in [-0.39, 0.29) is 18.4 Å². The molecule has 0 radical (unpaired) electrons. The first-order chi connectivity index (χ1) is 12.2. The van der Waals surface area contributed by atoms with Crippen molar-refractivity contribution < 1.29 is 24.2 Å². The molecule has 1 aromatic rings. The highest BCUT2D eigenvalue weighted by Crippen LogP contribution is 2.09. The number of aliphatic carboxylic acids is 1. The third-order valence-electron chi connectivity index (χ3n) is 4.15. The monoisotopic (exact) mass is 364 g/mol. The van der Waals surface area contributed by atoms with Gasteiger partial charge >= 0.3 is 12.1 Å². The lowest BCUT2D eigenvalue weighted by Crippen LogP contribution is -2.37. The maximum Gasteiger partial charge on any atom is 0.410 e. The number of benzene rings is 1.